The Morgan fingerprint density at radius 1 is 1.21 bits per heavy atom. The Morgan fingerprint density at radius 3 is 2.34 bits per heavy atom. The summed E-state index contributed by atoms with van der Waals surface area (Å²) < 4.78 is 26.5. The van der Waals surface area contributed by atoms with E-state index in [1.165, 1.54) is 5.48 Å². The summed E-state index contributed by atoms with van der Waals surface area (Å²) in [7, 11) is 0. The maximum absolute atomic E-state index is 13.2. The van der Waals surface area contributed by atoms with Gasteiger partial charge in [-0.05, 0) is 49.3 Å². The lowest BCUT2D eigenvalue weighted by Crippen LogP contribution is -2.69. The molecule has 1 unspecified atom stereocenters. The second-order valence-corrected chi connectivity index (χ2v) is 6.55. The number of hydroxylamine groups is 1. The van der Waals surface area contributed by atoms with Gasteiger partial charge in [0.05, 0.1) is 11.8 Å². The van der Waals surface area contributed by atoms with Gasteiger partial charge in [0.25, 0.3) is 12.3 Å². The maximum atomic E-state index is 13.2. The number of rotatable bonds is 6. The summed E-state index contributed by atoms with van der Waals surface area (Å²) in [5.74, 6) is 9.89. The molecular weight excluding hydrogens is 382 g/mol. The molecule has 0 radical (unpaired) electrons. The van der Waals surface area contributed by atoms with E-state index in [0.717, 1.165) is 19.4 Å². The third kappa shape index (κ3) is 5.18. The molecule has 0 saturated heterocycles. The van der Waals surface area contributed by atoms with Gasteiger partial charge in [0, 0.05) is 18.3 Å². The van der Waals surface area contributed by atoms with Gasteiger partial charge >= 0.3 is 0 Å². The van der Waals surface area contributed by atoms with E-state index >= 15 is 0 Å². The van der Waals surface area contributed by atoms with E-state index in [4.69, 9.17) is 5.21 Å². The summed E-state index contributed by atoms with van der Waals surface area (Å²) in [5, 5.41) is 28.0. The van der Waals surface area contributed by atoms with Gasteiger partial charge in [-0.1, -0.05) is 18.1 Å². The van der Waals surface area contributed by atoms with Crippen LogP contribution in [0.25, 0.3) is 0 Å². The van der Waals surface area contributed by atoms with Crippen LogP contribution in [-0.2, 0) is 11.3 Å². The zero-order chi connectivity index (χ0) is 21.5. The van der Waals surface area contributed by atoms with Crippen LogP contribution in [0.15, 0.2) is 36.7 Å². The summed E-state index contributed by atoms with van der Waals surface area (Å²) in [6, 6.07) is 6.79. The number of aromatic nitrogens is 2. The fourth-order valence-electron chi connectivity index (χ4n) is 2.33. The van der Waals surface area contributed by atoms with Gasteiger partial charge in [0.1, 0.15) is 11.1 Å². The van der Waals surface area contributed by atoms with Gasteiger partial charge in [0.15, 0.2) is 0 Å². The summed E-state index contributed by atoms with van der Waals surface area (Å²) in [6.45, 7) is 1.90. The summed E-state index contributed by atoms with van der Waals surface area (Å²) in [4.78, 5) is 11.9. The first-order valence-corrected chi connectivity index (χ1v) is 8.50. The van der Waals surface area contributed by atoms with Crippen molar-refractivity contribution in [2.45, 2.75) is 38.0 Å². The van der Waals surface area contributed by atoms with Crippen LogP contribution in [0, 0.1) is 23.7 Å². The number of alkyl halides is 2. The lowest BCUT2D eigenvalue weighted by Gasteiger charge is -2.40. The van der Waals surface area contributed by atoms with Crippen LogP contribution in [0.3, 0.4) is 0 Å². The Morgan fingerprint density at radius 2 is 1.83 bits per heavy atom. The Labute approximate surface area is 166 Å². The molecule has 1 aromatic carbocycles. The average molecular weight is 402 g/mol. The van der Waals surface area contributed by atoms with Gasteiger partial charge in [-0.15, -0.1) is 0 Å². The standard InChI is InChI=1S/C20H20F2N4O3/c1-19(18(27)26-29,20(2,28)17(21)22)23-11-15-9-7-14(8-10-15)5-3-4-6-16-12-24-25-13-16/h7-10,12-13,17,23,28-29H,11H2,1-2H3,(H,24,25)(H,26,27)/t19?,20-/m1/s1. The van der Waals surface area contributed by atoms with Crippen molar-refractivity contribution in [1.82, 2.24) is 21.0 Å². The highest BCUT2D eigenvalue weighted by Crippen LogP contribution is 2.29. The Bertz CT molecular complexity index is 952. The van der Waals surface area contributed by atoms with Crippen molar-refractivity contribution < 1.29 is 23.9 Å². The smallest absolute Gasteiger partial charge is 0.268 e. The van der Waals surface area contributed by atoms with Gasteiger partial charge in [-0.25, -0.2) is 14.3 Å². The topological polar surface area (TPSA) is 110 Å². The normalized spacial score (nSPS) is 14.6. The second-order valence-electron chi connectivity index (χ2n) is 6.55. The van der Waals surface area contributed by atoms with E-state index in [2.05, 4.69) is 39.2 Å². The average Bonchev–Trinajstić information content (AvgIpc) is 3.22. The number of carbonyl (C=O) groups excluding carboxylic acids is 1. The highest BCUT2D eigenvalue weighted by Gasteiger charge is 2.54. The van der Waals surface area contributed by atoms with Gasteiger partial charge in [0.2, 0.25) is 0 Å². The van der Waals surface area contributed by atoms with Crippen LogP contribution in [0.4, 0.5) is 8.78 Å². The number of amides is 1. The van der Waals surface area contributed by atoms with E-state index in [-0.39, 0.29) is 6.54 Å². The molecule has 0 saturated carbocycles. The Hall–Kier alpha value is -3.24. The van der Waals surface area contributed by atoms with Gasteiger partial charge in [-0.3, -0.25) is 20.4 Å². The van der Waals surface area contributed by atoms with Crippen LogP contribution < -0.4 is 10.8 Å². The molecule has 0 aliphatic heterocycles. The van der Waals surface area contributed by atoms with Crippen LogP contribution in [0.5, 0.6) is 0 Å². The molecule has 0 fully saturated rings. The number of hydrogen-bond donors (Lipinski definition) is 5. The predicted octanol–water partition coefficient (Wildman–Crippen LogP) is 1.18. The molecule has 1 amide bonds. The quantitative estimate of drug-likeness (QED) is 0.283. The fourth-order valence-corrected chi connectivity index (χ4v) is 2.33. The first kappa shape index (κ1) is 22.1. The first-order valence-electron chi connectivity index (χ1n) is 8.50. The molecular formula is C20H20F2N4O3. The number of aliphatic hydroxyl groups is 1. The number of nitrogens with zero attached hydrogens (tertiary/aromatic N) is 1. The third-order valence-electron chi connectivity index (χ3n) is 4.57. The molecule has 0 spiro atoms. The first-order chi connectivity index (χ1) is 13.7. The lowest BCUT2D eigenvalue weighted by molar-refractivity contribution is -0.167. The molecule has 9 heteroatoms. The monoisotopic (exact) mass is 402 g/mol. The molecule has 0 bridgehead atoms. The SMILES string of the molecule is CC(NCc1ccc(C#CC#Cc2cn[nH]c2)cc1)(C(=O)NO)[C@](C)(O)C(F)F. The second kappa shape index (κ2) is 9.30. The van der Waals surface area contributed by atoms with E-state index < -0.39 is 23.5 Å². The number of nitrogens with one attached hydrogen (secondary N) is 3. The molecule has 0 aliphatic rings. The van der Waals surface area contributed by atoms with Crippen molar-refractivity contribution in [2.24, 2.45) is 0 Å². The summed E-state index contributed by atoms with van der Waals surface area (Å²) in [6.07, 6.45) is -0.00236. The van der Waals surface area contributed by atoms with E-state index in [0.29, 0.717) is 11.1 Å². The van der Waals surface area contributed by atoms with Crippen molar-refractivity contribution in [2.75, 3.05) is 0 Å². The molecule has 2 rings (SSSR count). The molecule has 2 aromatic rings. The van der Waals surface area contributed by atoms with E-state index in [1.807, 2.05) is 0 Å². The molecule has 152 valence electrons. The number of carbonyl (C=O) groups is 1. The number of H-pyrrole nitrogens is 1. The van der Waals surface area contributed by atoms with Crippen molar-refractivity contribution in [1.29, 1.82) is 0 Å². The maximum Gasteiger partial charge on any atom is 0.268 e. The molecule has 5 N–H and O–H groups in total. The van der Waals surface area contributed by atoms with Crippen LogP contribution in [0.1, 0.15) is 30.5 Å². The predicted molar refractivity (Wildman–Crippen MR) is 101 cm³/mol. The minimum atomic E-state index is -3.22. The Balaban J connectivity index is 2.07. The van der Waals surface area contributed by atoms with Crippen molar-refractivity contribution in [3.63, 3.8) is 0 Å². The Kier molecular flexibility index (Phi) is 7.08. The molecule has 2 atom stereocenters. The molecule has 29 heavy (non-hydrogen) atoms. The lowest BCUT2D eigenvalue weighted by atomic mass is 9.81. The van der Waals surface area contributed by atoms with Crippen LogP contribution in [-0.4, -0.2) is 44.0 Å². The minimum absolute atomic E-state index is 0.0131. The van der Waals surface area contributed by atoms with Gasteiger partial charge in [-0.2, -0.15) is 5.10 Å². The summed E-state index contributed by atoms with van der Waals surface area (Å²) in [5.41, 5.74) is -1.49. The molecule has 0 aliphatic carbocycles. The zero-order valence-corrected chi connectivity index (χ0v) is 15.8. The van der Waals surface area contributed by atoms with Crippen molar-refractivity contribution in [3.8, 4) is 23.7 Å². The highest BCUT2D eigenvalue weighted by molar-refractivity contribution is 5.86. The number of hydrogen-bond acceptors (Lipinski definition) is 5. The van der Waals surface area contributed by atoms with Crippen LogP contribution in [0.2, 0.25) is 0 Å². The van der Waals surface area contributed by atoms with Crippen molar-refractivity contribution in [3.05, 3.63) is 53.3 Å². The van der Waals surface area contributed by atoms with E-state index in [9.17, 15) is 18.7 Å². The van der Waals surface area contributed by atoms with Crippen LogP contribution >= 0.6 is 0 Å². The highest BCUT2D eigenvalue weighted by atomic mass is 19.3. The fraction of sp³-hybridized carbons (Fsp3) is 0.300. The van der Waals surface area contributed by atoms with Crippen molar-refractivity contribution >= 4 is 5.91 Å². The number of halogens is 2. The van der Waals surface area contributed by atoms with E-state index in [1.54, 1.807) is 36.7 Å². The summed E-state index contributed by atoms with van der Waals surface area (Å²) >= 11 is 0. The molecule has 1 heterocycles. The number of aromatic amines is 1. The molecule has 1 aromatic heterocycles. The largest absolute Gasteiger partial charge is 0.382 e. The molecule has 7 nitrogen and oxygen atoms in total. The zero-order valence-electron chi connectivity index (χ0n) is 15.8. The third-order valence-corrected chi connectivity index (χ3v) is 4.57. The van der Waals surface area contributed by atoms with Gasteiger partial charge < -0.3 is 5.11 Å². The minimum Gasteiger partial charge on any atom is -0.382 e. The number of benzene rings is 1.